The summed E-state index contributed by atoms with van der Waals surface area (Å²) in [7, 11) is 0. The lowest BCUT2D eigenvalue weighted by atomic mass is 9.88. The lowest BCUT2D eigenvalue weighted by Gasteiger charge is -2.33. The number of thiophene rings is 1. The Bertz CT molecular complexity index is 349. The van der Waals surface area contributed by atoms with Gasteiger partial charge in [-0.15, -0.1) is 11.3 Å². The van der Waals surface area contributed by atoms with Crippen molar-refractivity contribution in [2.75, 3.05) is 13.2 Å². The van der Waals surface area contributed by atoms with Crippen LogP contribution >= 0.6 is 11.3 Å². The Morgan fingerprint density at radius 1 is 1.64 bits per heavy atom. The summed E-state index contributed by atoms with van der Waals surface area (Å²) in [6.45, 7) is 4.11. The second-order valence-electron chi connectivity index (χ2n) is 4.36. The van der Waals surface area contributed by atoms with Crippen LogP contribution in [0.3, 0.4) is 0 Å². The molecule has 1 aromatic heterocycles. The molecule has 2 aliphatic heterocycles. The quantitative estimate of drug-likeness (QED) is 0.704. The maximum absolute atomic E-state index is 5.72. The van der Waals surface area contributed by atoms with Crippen LogP contribution < -0.4 is 5.32 Å². The lowest BCUT2D eigenvalue weighted by Crippen LogP contribution is -2.47. The van der Waals surface area contributed by atoms with Gasteiger partial charge in [-0.25, -0.2) is 0 Å². The van der Waals surface area contributed by atoms with Crippen LogP contribution in [-0.2, 0) is 16.7 Å². The van der Waals surface area contributed by atoms with E-state index < -0.39 is 0 Å². The topological polar surface area (TPSA) is 21.3 Å². The third-order valence-electron chi connectivity index (χ3n) is 3.29. The van der Waals surface area contributed by atoms with E-state index in [2.05, 4.69) is 23.7 Å². The number of fused-ring (bicyclic) bond motifs is 2. The molecule has 2 aliphatic rings. The van der Waals surface area contributed by atoms with Gasteiger partial charge in [0.1, 0.15) is 0 Å². The smallest absolute Gasteiger partial charge is 0.0793 e. The molecule has 14 heavy (non-hydrogen) atoms. The lowest BCUT2D eigenvalue weighted by molar-refractivity contribution is 0.112. The fourth-order valence-electron chi connectivity index (χ4n) is 2.64. The van der Waals surface area contributed by atoms with Gasteiger partial charge in [0.15, 0.2) is 0 Å². The average molecular weight is 209 g/mol. The highest BCUT2D eigenvalue weighted by Gasteiger charge is 2.43. The fraction of sp³-hybridized carbons (Fsp3) is 0.636. The zero-order valence-electron chi connectivity index (χ0n) is 8.38. The van der Waals surface area contributed by atoms with Crippen molar-refractivity contribution >= 4 is 11.3 Å². The molecule has 3 heteroatoms. The molecular formula is C11H15NOS. The summed E-state index contributed by atoms with van der Waals surface area (Å²) < 4.78 is 5.72. The first-order valence-electron chi connectivity index (χ1n) is 5.24. The Labute approximate surface area is 88.3 Å². The number of ether oxygens (including phenoxy) is 1. The van der Waals surface area contributed by atoms with Crippen LogP contribution in [0.25, 0.3) is 0 Å². The van der Waals surface area contributed by atoms with E-state index in [1.807, 2.05) is 11.3 Å². The summed E-state index contributed by atoms with van der Waals surface area (Å²) >= 11 is 1.88. The number of hydrogen-bond donors (Lipinski definition) is 1. The molecule has 2 unspecified atom stereocenters. The summed E-state index contributed by atoms with van der Waals surface area (Å²) in [5, 5.41) is 5.86. The Morgan fingerprint density at radius 2 is 2.57 bits per heavy atom. The average Bonchev–Trinajstić information content (AvgIpc) is 2.75. The molecule has 2 nitrogen and oxygen atoms in total. The molecule has 1 N–H and O–H groups in total. The van der Waals surface area contributed by atoms with Gasteiger partial charge in [-0.3, -0.25) is 0 Å². The summed E-state index contributed by atoms with van der Waals surface area (Å²) in [5.41, 5.74) is 1.69. The molecule has 1 saturated heterocycles. The van der Waals surface area contributed by atoms with Crippen LogP contribution in [0.15, 0.2) is 11.4 Å². The predicted octanol–water partition coefficient (Wildman–Crippen LogP) is 1.90. The van der Waals surface area contributed by atoms with Gasteiger partial charge >= 0.3 is 0 Å². The van der Waals surface area contributed by atoms with Crippen molar-refractivity contribution in [2.24, 2.45) is 0 Å². The van der Waals surface area contributed by atoms with Gasteiger partial charge < -0.3 is 10.1 Å². The van der Waals surface area contributed by atoms with Crippen molar-refractivity contribution in [1.82, 2.24) is 5.32 Å². The van der Waals surface area contributed by atoms with E-state index in [0.717, 1.165) is 19.6 Å². The van der Waals surface area contributed by atoms with Gasteiger partial charge in [0, 0.05) is 11.4 Å². The van der Waals surface area contributed by atoms with Crippen molar-refractivity contribution in [3.63, 3.8) is 0 Å². The minimum Gasteiger partial charge on any atom is -0.376 e. The molecule has 1 spiro atoms. The maximum atomic E-state index is 5.72. The standard InChI is InChI=1S/C11H15NOS/c1-8-6-11(7-13-8)10-9(2-4-12-11)3-5-14-10/h3,5,8,12H,2,4,6-7H2,1H3. The van der Waals surface area contributed by atoms with E-state index in [1.165, 1.54) is 16.9 Å². The maximum Gasteiger partial charge on any atom is 0.0793 e. The molecule has 3 rings (SSSR count). The molecular weight excluding hydrogens is 194 g/mol. The highest BCUT2D eigenvalue weighted by atomic mass is 32.1. The van der Waals surface area contributed by atoms with Crippen LogP contribution in [-0.4, -0.2) is 19.3 Å². The summed E-state index contributed by atoms with van der Waals surface area (Å²) in [4.78, 5) is 1.52. The van der Waals surface area contributed by atoms with Gasteiger partial charge in [0.2, 0.25) is 0 Å². The minimum atomic E-state index is 0.154. The van der Waals surface area contributed by atoms with Gasteiger partial charge in [0.25, 0.3) is 0 Å². The van der Waals surface area contributed by atoms with Crippen molar-refractivity contribution in [2.45, 2.75) is 31.4 Å². The van der Waals surface area contributed by atoms with Crippen LogP contribution in [0.4, 0.5) is 0 Å². The van der Waals surface area contributed by atoms with E-state index in [-0.39, 0.29) is 5.54 Å². The van der Waals surface area contributed by atoms with Crippen molar-refractivity contribution in [3.8, 4) is 0 Å². The van der Waals surface area contributed by atoms with Crippen molar-refractivity contribution in [1.29, 1.82) is 0 Å². The predicted molar refractivity (Wildman–Crippen MR) is 57.7 cm³/mol. The molecule has 0 aliphatic carbocycles. The SMILES string of the molecule is CC1CC2(CO1)NCCc1ccsc12. The third-order valence-corrected chi connectivity index (χ3v) is 4.45. The molecule has 1 fully saturated rings. The highest BCUT2D eigenvalue weighted by molar-refractivity contribution is 7.10. The zero-order chi connectivity index (χ0) is 9.60. The van der Waals surface area contributed by atoms with E-state index >= 15 is 0 Å². The largest absolute Gasteiger partial charge is 0.376 e. The van der Waals surface area contributed by atoms with Crippen LogP contribution in [0, 0.1) is 0 Å². The molecule has 0 aromatic carbocycles. The van der Waals surface area contributed by atoms with Crippen LogP contribution in [0.5, 0.6) is 0 Å². The monoisotopic (exact) mass is 209 g/mol. The molecule has 76 valence electrons. The van der Waals surface area contributed by atoms with Gasteiger partial charge in [-0.2, -0.15) is 0 Å². The molecule has 0 saturated carbocycles. The number of hydrogen-bond acceptors (Lipinski definition) is 3. The van der Waals surface area contributed by atoms with Gasteiger partial charge in [0.05, 0.1) is 18.2 Å². The zero-order valence-corrected chi connectivity index (χ0v) is 9.19. The van der Waals surface area contributed by atoms with Crippen molar-refractivity contribution < 1.29 is 4.74 Å². The highest BCUT2D eigenvalue weighted by Crippen LogP contribution is 2.40. The first-order valence-corrected chi connectivity index (χ1v) is 6.12. The second-order valence-corrected chi connectivity index (χ2v) is 5.28. The first kappa shape index (κ1) is 8.89. The Balaban J connectivity index is 2.03. The third kappa shape index (κ3) is 1.16. The molecule has 0 bridgehead atoms. The van der Waals surface area contributed by atoms with Gasteiger partial charge in [-0.1, -0.05) is 0 Å². The molecule has 2 atom stereocenters. The van der Waals surface area contributed by atoms with Crippen molar-refractivity contribution in [3.05, 3.63) is 21.9 Å². The van der Waals surface area contributed by atoms with Crippen LogP contribution in [0.1, 0.15) is 23.8 Å². The number of rotatable bonds is 0. The Morgan fingerprint density at radius 3 is 3.36 bits per heavy atom. The number of nitrogens with one attached hydrogen (secondary N) is 1. The fourth-order valence-corrected chi connectivity index (χ4v) is 3.77. The Hall–Kier alpha value is -0.380. The Kier molecular flexibility index (Phi) is 1.94. The van der Waals surface area contributed by atoms with Gasteiger partial charge in [-0.05, 0) is 36.8 Å². The normalized spacial score (nSPS) is 36.2. The molecule has 3 heterocycles. The summed E-state index contributed by atoms with van der Waals surface area (Å²) in [6, 6.07) is 2.27. The molecule has 0 amide bonds. The van der Waals surface area contributed by atoms with E-state index in [9.17, 15) is 0 Å². The van der Waals surface area contributed by atoms with Crippen LogP contribution in [0.2, 0.25) is 0 Å². The van der Waals surface area contributed by atoms with E-state index in [1.54, 1.807) is 0 Å². The first-order chi connectivity index (χ1) is 6.80. The van der Waals surface area contributed by atoms with E-state index in [4.69, 9.17) is 4.74 Å². The molecule has 0 radical (unpaired) electrons. The second kappa shape index (κ2) is 3.05. The molecule has 1 aromatic rings. The summed E-state index contributed by atoms with van der Waals surface area (Å²) in [5.74, 6) is 0. The van der Waals surface area contributed by atoms with E-state index in [0.29, 0.717) is 6.10 Å². The minimum absolute atomic E-state index is 0.154. The summed E-state index contributed by atoms with van der Waals surface area (Å²) in [6.07, 6.45) is 2.70.